The maximum atomic E-state index is 11.5. The lowest BCUT2D eigenvalue weighted by molar-refractivity contribution is -0.174. The first kappa shape index (κ1) is 16.1. The minimum Gasteiger partial charge on any atom is -0.438 e. The predicted octanol–water partition coefficient (Wildman–Crippen LogP) is 3.77. The monoisotopic (exact) mass is 282 g/mol. The van der Waals surface area contributed by atoms with E-state index < -0.39 is 5.60 Å². The molecule has 106 valence electrons. The fourth-order valence-electron chi connectivity index (χ4n) is 1.49. The van der Waals surface area contributed by atoms with Crippen molar-refractivity contribution in [3.63, 3.8) is 0 Å². The van der Waals surface area contributed by atoms with Crippen LogP contribution in [0.5, 0.6) is 0 Å². The summed E-state index contributed by atoms with van der Waals surface area (Å²) in [6, 6.07) is 7.74. The van der Waals surface area contributed by atoms with Gasteiger partial charge in [-0.1, -0.05) is 26.0 Å². The zero-order valence-electron chi connectivity index (χ0n) is 12.0. The minimum atomic E-state index is -0.503. The first-order valence-electron chi connectivity index (χ1n) is 6.47. The van der Waals surface area contributed by atoms with Crippen molar-refractivity contribution >= 4 is 18.6 Å². The Bertz CT molecular complexity index is 412. The summed E-state index contributed by atoms with van der Waals surface area (Å²) in [5.74, 6) is -0.306. The molecular formula is C15H22O3S. The highest BCUT2D eigenvalue weighted by Crippen LogP contribution is 2.25. The van der Waals surface area contributed by atoms with Crippen molar-refractivity contribution in [1.29, 1.82) is 0 Å². The van der Waals surface area contributed by atoms with E-state index in [1.807, 2.05) is 52.0 Å². The number of esters is 1. The van der Waals surface area contributed by atoms with E-state index in [1.54, 1.807) is 0 Å². The van der Waals surface area contributed by atoms with Crippen molar-refractivity contribution in [2.45, 2.75) is 44.6 Å². The second kappa shape index (κ2) is 6.96. The molecule has 19 heavy (non-hydrogen) atoms. The largest absolute Gasteiger partial charge is 0.438 e. The Labute approximate surface area is 120 Å². The number of hydrogen-bond acceptors (Lipinski definition) is 4. The van der Waals surface area contributed by atoms with Crippen LogP contribution in [0.15, 0.2) is 29.2 Å². The van der Waals surface area contributed by atoms with Crippen LogP contribution in [0.3, 0.4) is 0 Å². The van der Waals surface area contributed by atoms with Crippen molar-refractivity contribution in [1.82, 2.24) is 0 Å². The van der Waals surface area contributed by atoms with E-state index in [9.17, 15) is 4.79 Å². The minimum absolute atomic E-state index is 0.0290. The molecule has 0 aromatic heterocycles. The van der Waals surface area contributed by atoms with Gasteiger partial charge in [-0.2, -0.15) is 0 Å². The molecule has 3 nitrogen and oxygen atoms in total. The van der Waals surface area contributed by atoms with Gasteiger partial charge in [0, 0.05) is 4.90 Å². The van der Waals surface area contributed by atoms with Gasteiger partial charge in [0.05, 0.1) is 11.5 Å². The van der Waals surface area contributed by atoms with Crippen molar-refractivity contribution in [3.05, 3.63) is 29.8 Å². The lowest BCUT2D eigenvalue weighted by Gasteiger charge is -2.26. The third kappa shape index (κ3) is 4.88. The van der Waals surface area contributed by atoms with Crippen LogP contribution in [0.2, 0.25) is 0 Å². The first-order chi connectivity index (χ1) is 8.86. The van der Waals surface area contributed by atoms with Gasteiger partial charge in [-0.3, -0.25) is 4.79 Å². The number of benzene rings is 1. The molecule has 0 saturated heterocycles. The molecule has 0 aliphatic carbocycles. The number of carbonyl (C=O) groups is 1. The van der Waals surface area contributed by atoms with Gasteiger partial charge in [-0.25, -0.2) is 0 Å². The zero-order valence-corrected chi connectivity index (χ0v) is 12.9. The number of hydrogen-bond donors (Lipinski definition) is 1. The van der Waals surface area contributed by atoms with Crippen molar-refractivity contribution in [3.8, 4) is 0 Å². The Kier molecular flexibility index (Phi) is 5.88. The molecule has 0 radical (unpaired) electrons. The highest BCUT2D eigenvalue weighted by atomic mass is 32.1. The molecule has 1 aromatic carbocycles. The Morgan fingerprint density at radius 3 is 2.42 bits per heavy atom. The molecule has 1 aromatic rings. The van der Waals surface area contributed by atoms with Crippen molar-refractivity contribution < 1.29 is 14.3 Å². The molecule has 0 saturated carbocycles. The summed E-state index contributed by atoms with van der Waals surface area (Å²) < 4.78 is 10.8. The summed E-state index contributed by atoms with van der Waals surface area (Å²) in [6.07, 6.45) is 0.769. The van der Waals surface area contributed by atoms with Crippen LogP contribution in [0.4, 0.5) is 0 Å². The summed E-state index contributed by atoms with van der Waals surface area (Å²) in [5, 5.41) is 0. The van der Waals surface area contributed by atoms with E-state index in [0.717, 1.165) is 16.9 Å². The van der Waals surface area contributed by atoms with Crippen LogP contribution in [-0.2, 0) is 19.9 Å². The van der Waals surface area contributed by atoms with Gasteiger partial charge in [0.2, 0.25) is 0 Å². The zero-order chi connectivity index (χ0) is 14.5. The molecule has 0 N–H and O–H groups in total. The third-order valence-corrected chi connectivity index (χ3v) is 3.50. The Balaban J connectivity index is 2.51. The van der Waals surface area contributed by atoms with E-state index in [1.165, 1.54) is 0 Å². The standard InChI is InChI=1S/C15H22O3S/c1-5-11(2)14(16)17-10-18-15(3,4)12-6-8-13(19)9-7-12/h6-9,11,19H,5,10H2,1-4H3. The topological polar surface area (TPSA) is 35.5 Å². The van der Waals surface area contributed by atoms with Crippen LogP contribution in [0, 0.1) is 5.92 Å². The van der Waals surface area contributed by atoms with Gasteiger partial charge in [-0.05, 0) is 38.0 Å². The highest BCUT2D eigenvalue weighted by Gasteiger charge is 2.22. The molecule has 1 rings (SSSR count). The van der Waals surface area contributed by atoms with Gasteiger partial charge >= 0.3 is 5.97 Å². The fourth-order valence-corrected chi connectivity index (χ4v) is 1.64. The summed E-state index contributed by atoms with van der Waals surface area (Å²) in [7, 11) is 0. The number of ether oxygens (including phenoxy) is 2. The third-order valence-electron chi connectivity index (χ3n) is 3.20. The second-order valence-corrected chi connectivity index (χ2v) is 5.61. The quantitative estimate of drug-likeness (QED) is 0.490. The van der Waals surface area contributed by atoms with Gasteiger partial charge in [0.15, 0.2) is 6.79 Å². The predicted molar refractivity (Wildman–Crippen MR) is 78.2 cm³/mol. The maximum absolute atomic E-state index is 11.5. The molecule has 0 fully saturated rings. The van der Waals surface area contributed by atoms with E-state index in [4.69, 9.17) is 9.47 Å². The molecule has 0 spiro atoms. The summed E-state index contributed by atoms with van der Waals surface area (Å²) in [4.78, 5) is 12.4. The smallest absolute Gasteiger partial charge is 0.310 e. The van der Waals surface area contributed by atoms with Gasteiger partial charge in [-0.15, -0.1) is 12.6 Å². The normalized spacial score (nSPS) is 13.1. The average Bonchev–Trinajstić information content (AvgIpc) is 2.37. The molecule has 0 heterocycles. The van der Waals surface area contributed by atoms with E-state index >= 15 is 0 Å². The molecular weight excluding hydrogens is 260 g/mol. The van der Waals surface area contributed by atoms with Crippen molar-refractivity contribution in [2.75, 3.05) is 6.79 Å². The summed E-state index contributed by atoms with van der Waals surface area (Å²) in [5.41, 5.74) is 0.516. The van der Waals surface area contributed by atoms with Gasteiger partial charge in [0.1, 0.15) is 0 Å². The lowest BCUT2D eigenvalue weighted by atomic mass is 9.98. The number of carbonyl (C=O) groups excluding carboxylic acids is 1. The van der Waals surface area contributed by atoms with E-state index in [0.29, 0.717) is 0 Å². The van der Waals surface area contributed by atoms with Crippen LogP contribution < -0.4 is 0 Å². The van der Waals surface area contributed by atoms with Crippen molar-refractivity contribution in [2.24, 2.45) is 5.92 Å². The molecule has 4 heteroatoms. The van der Waals surface area contributed by atoms with Gasteiger partial charge < -0.3 is 9.47 Å². The Morgan fingerprint density at radius 2 is 1.89 bits per heavy atom. The molecule has 0 aliphatic heterocycles. The lowest BCUT2D eigenvalue weighted by Crippen LogP contribution is -2.25. The van der Waals surface area contributed by atoms with Crippen LogP contribution in [-0.4, -0.2) is 12.8 Å². The van der Waals surface area contributed by atoms with E-state index in [-0.39, 0.29) is 18.7 Å². The number of rotatable bonds is 6. The molecule has 1 atom stereocenters. The summed E-state index contributed by atoms with van der Waals surface area (Å²) >= 11 is 4.25. The molecule has 0 bridgehead atoms. The maximum Gasteiger partial charge on any atom is 0.310 e. The van der Waals surface area contributed by atoms with E-state index in [2.05, 4.69) is 12.6 Å². The fraction of sp³-hybridized carbons (Fsp3) is 0.533. The molecule has 0 aliphatic rings. The second-order valence-electron chi connectivity index (χ2n) is 5.09. The first-order valence-corrected chi connectivity index (χ1v) is 6.91. The van der Waals surface area contributed by atoms with Crippen LogP contribution in [0.25, 0.3) is 0 Å². The Hall–Kier alpha value is -1.00. The average molecular weight is 282 g/mol. The van der Waals surface area contributed by atoms with Crippen LogP contribution >= 0.6 is 12.6 Å². The Morgan fingerprint density at radius 1 is 1.32 bits per heavy atom. The highest BCUT2D eigenvalue weighted by molar-refractivity contribution is 7.80. The number of thiol groups is 1. The van der Waals surface area contributed by atoms with Crippen LogP contribution in [0.1, 0.15) is 39.7 Å². The molecule has 0 amide bonds. The molecule has 1 unspecified atom stereocenters. The van der Waals surface area contributed by atoms with Gasteiger partial charge in [0.25, 0.3) is 0 Å². The summed E-state index contributed by atoms with van der Waals surface area (Å²) in [6.45, 7) is 7.66. The SMILES string of the molecule is CCC(C)C(=O)OCOC(C)(C)c1ccc(S)cc1.